The van der Waals surface area contributed by atoms with Gasteiger partial charge in [-0.3, -0.25) is 4.79 Å². The van der Waals surface area contributed by atoms with Gasteiger partial charge in [0.2, 0.25) is 5.91 Å². The van der Waals surface area contributed by atoms with E-state index in [-0.39, 0.29) is 17.8 Å². The molecule has 1 aliphatic rings. The Balaban J connectivity index is 1.95. The molecule has 0 spiro atoms. The number of carbonyl (C=O) groups is 1. The molecule has 1 aromatic heterocycles. The number of hydrazone groups is 1. The highest BCUT2D eigenvalue weighted by Crippen LogP contribution is 2.37. The third-order valence-electron chi connectivity index (χ3n) is 3.61. The molecule has 0 unspecified atom stereocenters. The summed E-state index contributed by atoms with van der Waals surface area (Å²) < 4.78 is 13.0. The average Bonchev–Trinajstić information content (AvgIpc) is 3.05. The lowest BCUT2D eigenvalue weighted by Gasteiger charge is -2.19. The van der Waals surface area contributed by atoms with Crippen molar-refractivity contribution in [2.45, 2.75) is 26.3 Å². The maximum absolute atomic E-state index is 13.0. The van der Waals surface area contributed by atoms with Gasteiger partial charge in [0, 0.05) is 18.2 Å². The molecule has 2 aromatic rings. The minimum absolute atomic E-state index is 0.0532. The molecular weight excluding hydrogens is 287 g/mol. The van der Waals surface area contributed by atoms with E-state index in [0.29, 0.717) is 6.42 Å². The van der Waals surface area contributed by atoms with Crippen LogP contribution in [0.15, 0.2) is 40.8 Å². The summed E-state index contributed by atoms with van der Waals surface area (Å²) in [6.45, 7) is 3.56. The van der Waals surface area contributed by atoms with Gasteiger partial charge >= 0.3 is 0 Å². The van der Waals surface area contributed by atoms with Crippen LogP contribution in [-0.2, 0) is 4.79 Å². The van der Waals surface area contributed by atoms with E-state index in [1.54, 1.807) is 23.5 Å². The Hall–Kier alpha value is -2.01. The fourth-order valence-electron chi connectivity index (χ4n) is 2.55. The number of amides is 1. The summed E-state index contributed by atoms with van der Waals surface area (Å²) in [6, 6.07) is 8.24. The highest BCUT2D eigenvalue weighted by atomic mass is 32.1. The Labute approximate surface area is 126 Å². The van der Waals surface area contributed by atoms with Gasteiger partial charge < -0.3 is 0 Å². The number of rotatable bonds is 2. The zero-order valence-corrected chi connectivity index (χ0v) is 12.7. The Bertz CT molecular complexity index is 705. The molecule has 21 heavy (non-hydrogen) atoms. The first-order chi connectivity index (χ1) is 10.1. The van der Waals surface area contributed by atoms with Gasteiger partial charge in [0.1, 0.15) is 5.82 Å². The number of hydrogen-bond acceptors (Lipinski definition) is 3. The normalized spacial score (nSPS) is 18.0. The SMILES string of the molecule is CC(=O)N1N=C(c2ccc(F)cc2)C[C@H]1c1sccc1C. The van der Waals surface area contributed by atoms with Gasteiger partial charge in [-0.15, -0.1) is 11.3 Å². The average molecular weight is 302 g/mol. The van der Waals surface area contributed by atoms with E-state index in [0.717, 1.165) is 16.2 Å². The van der Waals surface area contributed by atoms with Gasteiger partial charge in [-0.25, -0.2) is 9.40 Å². The molecular formula is C16H15FN2OS. The van der Waals surface area contributed by atoms with E-state index in [9.17, 15) is 9.18 Å². The molecule has 0 aliphatic carbocycles. The molecule has 0 fully saturated rings. The van der Waals surface area contributed by atoms with Crippen LogP contribution in [0.2, 0.25) is 0 Å². The van der Waals surface area contributed by atoms with Gasteiger partial charge in [0.05, 0.1) is 11.8 Å². The number of halogens is 1. The van der Waals surface area contributed by atoms with Crippen LogP contribution in [0, 0.1) is 12.7 Å². The van der Waals surface area contributed by atoms with Crippen molar-refractivity contribution in [2.24, 2.45) is 5.10 Å². The number of hydrogen-bond donors (Lipinski definition) is 0. The van der Waals surface area contributed by atoms with Crippen LogP contribution in [0.1, 0.15) is 35.4 Å². The van der Waals surface area contributed by atoms with Crippen molar-refractivity contribution in [1.29, 1.82) is 0 Å². The lowest BCUT2D eigenvalue weighted by atomic mass is 10.0. The number of nitrogens with zero attached hydrogens (tertiary/aromatic N) is 2. The van der Waals surface area contributed by atoms with Crippen molar-refractivity contribution in [3.8, 4) is 0 Å². The predicted octanol–water partition coefficient (Wildman–Crippen LogP) is 3.89. The standard InChI is InChI=1S/C16H15FN2OS/c1-10-7-8-21-16(10)15-9-14(18-19(15)11(2)20)12-3-5-13(17)6-4-12/h3-8,15H,9H2,1-2H3/t15-/m0/s1. The predicted molar refractivity (Wildman–Crippen MR) is 81.9 cm³/mol. The van der Waals surface area contributed by atoms with Crippen molar-refractivity contribution in [1.82, 2.24) is 5.01 Å². The molecule has 5 heteroatoms. The molecule has 1 aromatic carbocycles. The van der Waals surface area contributed by atoms with E-state index < -0.39 is 0 Å². The smallest absolute Gasteiger partial charge is 0.240 e. The quantitative estimate of drug-likeness (QED) is 0.828. The van der Waals surface area contributed by atoms with Gasteiger partial charge in [0.25, 0.3) is 0 Å². The second kappa shape index (κ2) is 5.41. The molecule has 0 saturated heterocycles. The number of thiophene rings is 1. The number of carbonyl (C=O) groups excluding carboxylic acids is 1. The first-order valence-corrected chi connectivity index (χ1v) is 7.61. The summed E-state index contributed by atoms with van der Waals surface area (Å²) >= 11 is 1.64. The van der Waals surface area contributed by atoms with E-state index in [1.807, 2.05) is 18.4 Å². The molecule has 1 amide bonds. The Kier molecular flexibility index (Phi) is 3.59. The summed E-state index contributed by atoms with van der Waals surface area (Å²) in [6.07, 6.45) is 0.659. The zero-order valence-electron chi connectivity index (χ0n) is 11.8. The van der Waals surface area contributed by atoms with Crippen molar-refractivity contribution in [3.63, 3.8) is 0 Å². The molecule has 0 N–H and O–H groups in total. The van der Waals surface area contributed by atoms with E-state index in [1.165, 1.54) is 29.6 Å². The van der Waals surface area contributed by atoms with Crippen LogP contribution in [0.3, 0.4) is 0 Å². The lowest BCUT2D eigenvalue weighted by molar-refractivity contribution is -0.130. The van der Waals surface area contributed by atoms with Crippen molar-refractivity contribution >= 4 is 23.0 Å². The lowest BCUT2D eigenvalue weighted by Crippen LogP contribution is -2.24. The second-order valence-electron chi connectivity index (χ2n) is 5.10. The van der Waals surface area contributed by atoms with Gasteiger partial charge in [-0.1, -0.05) is 12.1 Å². The third kappa shape index (κ3) is 2.61. The largest absolute Gasteiger partial charge is 0.273 e. The van der Waals surface area contributed by atoms with Crippen LogP contribution >= 0.6 is 11.3 Å². The molecule has 3 rings (SSSR count). The molecule has 0 radical (unpaired) electrons. The summed E-state index contributed by atoms with van der Waals surface area (Å²) in [5.74, 6) is -0.351. The Morgan fingerprint density at radius 2 is 2.05 bits per heavy atom. The maximum atomic E-state index is 13.0. The van der Waals surface area contributed by atoms with Crippen LogP contribution in [0.5, 0.6) is 0 Å². The second-order valence-corrected chi connectivity index (χ2v) is 6.05. The summed E-state index contributed by atoms with van der Waals surface area (Å²) in [5.41, 5.74) is 2.86. The molecule has 0 saturated carbocycles. The first kappa shape index (κ1) is 13.9. The summed E-state index contributed by atoms with van der Waals surface area (Å²) in [7, 11) is 0. The number of benzene rings is 1. The van der Waals surface area contributed by atoms with Gasteiger partial charge in [-0.2, -0.15) is 5.10 Å². The fourth-order valence-corrected chi connectivity index (χ4v) is 3.56. The van der Waals surface area contributed by atoms with E-state index >= 15 is 0 Å². The zero-order chi connectivity index (χ0) is 15.0. The Morgan fingerprint density at radius 1 is 1.33 bits per heavy atom. The molecule has 3 nitrogen and oxygen atoms in total. The highest BCUT2D eigenvalue weighted by Gasteiger charge is 2.32. The minimum Gasteiger partial charge on any atom is -0.273 e. The van der Waals surface area contributed by atoms with Crippen molar-refractivity contribution in [2.75, 3.05) is 0 Å². The summed E-state index contributed by atoms with van der Waals surface area (Å²) in [5, 5.41) is 8.02. The molecule has 0 bridgehead atoms. The van der Waals surface area contributed by atoms with Crippen molar-refractivity contribution < 1.29 is 9.18 Å². The van der Waals surface area contributed by atoms with Gasteiger partial charge in [0.15, 0.2) is 0 Å². The van der Waals surface area contributed by atoms with Crippen molar-refractivity contribution in [3.05, 3.63) is 57.5 Å². The molecule has 2 heterocycles. The van der Waals surface area contributed by atoms with E-state index in [4.69, 9.17) is 0 Å². The molecule has 108 valence electrons. The summed E-state index contributed by atoms with van der Waals surface area (Å²) in [4.78, 5) is 13.0. The Morgan fingerprint density at radius 3 is 2.62 bits per heavy atom. The monoisotopic (exact) mass is 302 g/mol. The number of aryl methyl sites for hydroxylation is 1. The van der Waals surface area contributed by atoms with Crippen LogP contribution < -0.4 is 0 Å². The molecule has 1 aliphatic heterocycles. The topological polar surface area (TPSA) is 32.7 Å². The van der Waals surface area contributed by atoms with Crippen LogP contribution in [0.25, 0.3) is 0 Å². The first-order valence-electron chi connectivity index (χ1n) is 6.73. The van der Waals surface area contributed by atoms with Crippen LogP contribution in [-0.4, -0.2) is 16.6 Å². The van der Waals surface area contributed by atoms with Crippen LogP contribution in [0.4, 0.5) is 4.39 Å². The fraction of sp³-hybridized carbons (Fsp3) is 0.250. The van der Waals surface area contributed by atoms with Gasteiger partial charge in [-0.05, 0) is 41.6 Å². The van der Waals surface area contributed by atoms with E-state index in [2.05, 4.69) is 5.10 Å². The minimum atomic E-state index is -0.272. The maximum Gasteiger partial charge on any atom is 0.240 e. The third-order valence-corrected chi connectivity index (χ3v) is 4.73. The highest BCUT2D eigenvalue weighted by molar-refractivity contribution is 7.10. The molecule has 1 atom stereocenters.